The van der Waals surface area contributed by atoms with Crippen molar-refractivity contribution in [2.45, 2.75) is 57.4 Å². The average molecular weight is 354 g/mol. The molecular formula is C22H30N2O2. The molecule has 0 N–H and O–H groups in total. The summed E-state index contributed by atoms with van der Waals surface area (Å²) in [6.07, 6.45) is 8.16. The van der Waals surface area contributed by atoms with Crippen LogP contribution < -0.4 is 0 Å². The Balaban J connectivity index is 1.55. The lowest BCUT2D eigenvalue weighted by atomic mass is 9.66. The molecule has 2 unspecified atom stereocenters. The second kappa shape index (κ2) is 6.71. The zero-order valence-corrected chi connectivity index (χ0v) is 16.0. The molecule has 2 bridgehead atoms. The van der Waals surface area contributed by atoms with Crippen LogP contribution in [0.2, 0.25) is 0 Å². The van der Waals surface area contributed by atoms with Crippen molar-refractivity contribution >= 4 is 11.9 Å². The zero-order chi connectivity index (χ0) is 18.3. The van der Waals surface area contributed by atoms with Gasteiger partial charge in [0.1, 0.15) is 5.54 Å². The fourth-order valence-electron chi connectivity index (χ4n) is 5.66. The third-order valence-corrected chi connectivity index (χ3v) is 7.37. The van der Waals surface area contributed by atoms with Gasteiger partial charge in [-0.1, -0.05) is 56.0 Å². The molecule has 4 heteroatoms. The number of carbonyl (C=O) groups excluding carboxylic acids is 2. The number of nitrogens with zero attached hydrogens (tertiary/aromatic N) is 2. The van der Waals surface area contributed by atoms with Crippen molar-refractivity contribution in [1.29, 1.82) is 0 Å². The maximum absolute atomic E-state index is 13.4. The van der Waals surface area contributed by atoms with Gasteiger partial charge in [-0.25, -0.2) is 4.79 Å². The molecule has 0 spiro atoms. The van der Waals surface area contributed by atoms with Gasteiger partial charge in [0.05, 0.1) is 0 Å². The summed E-state index contributed by atoms with van der Waals surface area (Å²) in [5.74, 6) is 1.67. The molecule has 3 amide bonds. The minimum atomic E-state index is -0.665. The Morgan fingerprint density at radius 1 is 1.08 bits per heavy atom. The van der Waals surface area contributed by atoms with Crippen LogP contribution in [-0.4, -0.2) is 40.9 Å². The highest BCUT2D eigenvalue weighted by Gasteiger charge is 2.59. The Labute approximate surface area is 156 Å². The van der Waals surface area contributed by atoms with Crippen molar-refractivity contribution in [1.82, 2.24) is 9.80 Å². The first-order valence-corrected chi connectivity index (χ1v) is 10.2. The number of hydrogen-bond acceptors (Lipinski definition) is 2. The van der Waals surface area contributed by atoms with Crippen LogP contribution in [0.3, 0.4) is 0 Å². The van der Waals surface area contributed by atoms with E-state index in [2.05, 4.69) is 12.1 Å². The van der Waals surface area contributed by atoms with Gasteiger partial charge in [-0.05, 0) is 49.5 Å². The Morgan fingerprint density at radius 3 is 2.62 bits per heavy atom. The van der Waals surface area contributed by atoms with Crippen LogP contribution in [0.15, 0.2) is 30.3 Å². The summed E-state index contributed by atoms with van der Waals surface area (Å²) in [7, 11) is 1.83. The number of imide groups is 1. The minimum absolute atomic E-state index is 0.0264. The van der Waals surface area contributed by atoms with Gasteiger partial charge in [0.25, 0.3) is 5.91 Å². The van der Waals surface area contributed by atoms with Crippen LogP contribution in [0.4, 0.5) is 4.79 Å². The third-order valence-electron chi connectivity index (χ3n) is 7.37. The van der Waals surface area contributed by atoms with E-state index in [9.17, 15) is 9.59 Å². The van der Waals surface area contributed by atoms with E-state index in [1.54, 1.807) is 4.90 Å². The van der Waals surface area contributed by atoms with Crippen LogP contribution in [0.5, 0.6) is 0 Å². The van der Waals surface area contributed by atoms with E-state index >= 15 is 0 Å². The molecule has 1 aliphatic heterocycles. The zero-order valence-electron chi connectivity index (χ0n) is 16.0. The van der Waals surface area contributed by atoms with Crippen molar-refractivity contribution in [3.8, 4) is 0 Å². The van der Waals surface area contributed by atoms with Gasteiger partial charge >= 0.3 is 6.03 Å². The summed E-state index contributed by atoms with van der Waals surface area (Å²) in [6, 6.07) is 9.98. The lowest BCUT2D eigenvalue weighted by Crippen LogP contribution is -2.54. The van der Waals surface area contributed by atoms with Crippen LogP contribution in [0, 0.1) is 17.8 Å². The van der Waals surface area contributed by atoms with Gasteiger partial charge in [-0.15, -0.1) is 0 Å². The van der Waals surface area contributed by atoms with Gasteiger partial charge in [-0.2, -0.15) is 0 Å². The lowest BCUT2D eigenvalue weighted by Gasteiger charge is -2.44. The summed E-state index contributed by atoms with van der Waals surface area (Å²) < 4.78 is 0. The molecule has 140 valence electrons. The summed E-state index contributed by atoms with van der Waals surface area (Å²) in [5, 5.41) is 0. The van der Waals surface area contributed by atoms with Gasteiger partial charge in [0.15, 0.2) is 0 Å². The second-order valence-electron chi connectivity index (χ2n) is 8.66. The number of rotatable bonds is 4. The fourth-order valence-corrected chi connectivity index (χ4v) is 5.66. The summed E-state index contributed by atoms with van der Waals surface area (Å²) in [6.45, 7) is 2.50. The number of hydrogen-bond donors (Lipinski definition) is 0. The number of carbonyl (C=O) groups is 2. The highest BCUT2D eigenvalue weighted by molar-refractivity contribution is 6.06. The standard InChI is InChI=1S/C22H30N2O2/c1-22(19-15-17-9-6-10-18(19)12-11-17)20(25)24(21(26)23(22)2)14-13-16-7-4-3-5-8-16/h3-5,7-8,17-19H,6,9-15H2,1-2H3/t17-,18+,19?,22?/m0/s1. The van der Waals surface area contributed by atoms with E-state index in [0.717, 1.165) is 24.3 Å². The molecule has 0 radical (unpaired) electrons. The molecule has 4 aliphatic rings. The van der Waals surface area contributed by atoms with E-state index in [1.807, 2.05) is 32.2 Å². The quantitative estimate of drug-likeness (QED) is 0.764. The molecule has 4 nitrogen and oxygen atoms in total. The van der Waals surface area contributed by atoms with Crippen LogP contribution >= 0.6 is 0 Å². The number of amides is 3. The van der Waals surface area contributed by atoms with Crippen molar-refractivity contribution in [3.05, 3.63) is 35.9 Å². The van der Waals surface area contributed by atoms with Crippen LogP contribution in [0.1, 0.15) is 51.0 Å². The molecule has 1 aromatic carbocycles. The predicted molar refractivity (Wildman–Crippen MR) is 102 cm³/mol. The first-order chi connectivity index (χ1) is 12.5. The lowest BCUT2D eigenvalue weighted by molar-refractivity contribution is -0.136. The van der Waals surface area contributed by atoms with Crippen molar-refractivity contribution in [2.75, 3.05) is 13.6 Å². The van der Waals surface area contributed by atoms with E-state index < -0.39 is 5.54 Å². The number of urea groups is 1. The highest BCUT2D eigenvalue weighted by Crippen LogP contribution is 2.50. The summed E-state index contributed by atoms with van der Waals surface area (Å²) >= 11 is 0. The molecule has 5 rings (SSSR count). The third kappa shape index (κ3) is 2.74. The van der Waals surface area contributed by atoms with Crippen molar-refractivity contribution in [3.63, 3.8) is 0 Å². The highest BCUT2D eigenvalue weighted by atomic mass is 16.2. The Hall–Kier alpha value is -1.84. The maximum Gasteiger partial charge on any atom is 0.327 e. The van der Waals surface area contributed by atoms with E-state index in [0.29, 0.717) is 18.4 Å². The summed E-state index contributed by atoms with van der Waals surface area (Å²) in [4.78, 5) is 29.6. The monoisotopic (exact) mass is 354 g/mol. The Bertz CT molecular complexity index is 685. The molecule has 1 aromatic rings. The maximum atomic E-state index is 13.4. The van der Waals surface area contributed by atoms with Crippen LogP contribution in [0.25, 0.3) is 0 Å². The molecular weight excluding hydrogens is 324 g/mol. The number of fused-ring (bicyclic) bond motifs is 4. The normalized spacial score (nSPS) is 34.5. The first-order valence-electron chi connectivity index (χ1n) is 10.2. The van der Waals surface area contributed by atoms with Gasteiger partial charge in [0.2, 0.25) is 0 Å². The molecule has 0 aromatic heterocycles. The van der Waals surface area contributed by atoms with E-state index in [1.165, 1.54) is 37.0 Å². The van der Waals surface area contributed by atoms with Crippen molar-refractivity contribution < 1.29 is 9.59 Å². The van der Waals surface area contributed by atoms with Gasteiger partial charge < -0.3 is 4.90 Å². The fraction of sp³-hybridized carbons (Fsp3) is 0.636. The largest absolute Gasteiger partial charge is 0.327 e. The molecule has 1 saturated heterocycles. The smallest absolute Gasteiger partial charge is 0.313 e. The molecule has 3 saturated carbocycles. The molecule has 1 heterocycles. The Kier molecular flexibility index (Phi) is 4.54. The van der Waals surface area contributed by atoms with E-state index in [-0.39, 0.29) is 11.9 Å². The molecule has 4 fully saturated rings. The van der Waals surface area contributed by atoms with Gasteiger partial charge in [0, 0.05) is 13.6 Å². The average Bonchev–Trinajstić information content (AvgIpc) is 2.95. The Morgan fingerprint density at radius 2 is 1.85 bits per heavy atom. The van der Waals surface area contributed by atoms with Crippen LogP contribution in [-0.2, 0) is 11.2 Å². The number of benzene rings is 1. The first kappa shape index (κ1) is 17.6. The van der Waals surface area contributed by atoms with E-state index in [4.69, 9.17) is 0 Å². The second-order valence-corrected chi connectivity index (χ2v) is 8.66. The molecule has 26 heavy (non-hydrogen) atoms. The topological polar surface area (TPSA) is 40.6 Å². The van der Waals surface area contributed by atoms with Crippen molar-refractivity contribution in [2.24, 2.45) is 17.8 Å². The van der Waals surface area contributed by atoms with Gasteiger partial charge in [-0.3, -0.25) is 9.69 Å². The predicted octanol–water partition coefficient (Wildman–Crippen LogP) is 4.10. The number of likely N-dealkylation sites (N-methyl/N-ethyl adjacent to an activating group) is 1. The summed E-state index contributed by atoms with van der Waals surface area (Å²) in [5.41, 5.74) is 0.499. The SMILES string of the molecule is CN1C(=O)N(CCc2ccccc2)C(=O)C1(C)C1C[C@H]2CCC[C@@H]1CC2. The minimum Gasteiger partial charge on any atom is -0.313 e. The molecule has 3 aliphatic carbocycles. The molecule has 4 atom stereocenters.